The van der Waals surface area contributed by atoms with E-state index in [1.165, 1.54) is 0 Å². The molecule has 0 saturated heterocycles. The minimum atomic E-state index is -1.52. The van der Waals surface area contributed by atoms with Crippen LogP contribution >= 0.6 is 0 Å². The lowest BCUT2D eigenvalue weighted by atomic mass is 9.95. The molecule has 0 amide bonds. The van der Waals surface area contributed by atoms with Crippen LogP contribution in [0.25, 0.3) is 0 Å². The van der Waals surface area contributed by atoms with Gasteiger partial charge in [-0.05, 0) is 30.4 Å². The molecule has 1 atom stereocenters. The molecule has 1 unspecified atom stereocenters. The minimum Gasteiger partial charge on any atom is -0.476 e. The molecule has 0 fully saturated rings. The second kappa shape index (κ2) is 6.27. The fourth-order valence-corrected chi connectivity index (χ4v) is 2.53. The van der Waals surface area contributed by atoms with Crippen molar-refractivity contribution in [3.8, 4) is 5.75 Å². The Hall–Kier alpha value is -1.55. The van der Waals surface area contributed by atoms with Crippen LogP contribution < -0.4 is 4.74 Å². The van der Waals surface area contributed by atoms with Crippen molar-refractivity contribution in [3.05, 3.63) is 29.3 Å². The Morgan fingerprint density at radius 1 is 1.40 bits per heavy atom. The lowest BCUT2D eigenvalue weighted by Gasteiger charge is -2.35. The van der Waals surface area contributed by atoms with E-state index in [2.05, 4.69) is 6.92 Å². The van der Waals surface area contributed by atoms with Crippen molar-refractivity contribution in [2.24, 2.45) is 0 Å². The number of carboxylic acids is 1. The van der Waals surface area contributed by atoms with Gasteiger partial charge in [-0.2, -0.15) is 0 Å². The van der Waals surface area contributed by atoms with Crippen molar-refractivity contribution in [2.75, 3.05) is 6.61 Å². The molecule has 4 nitrogen and oxygen atoms in total. The summed E-state index contributed by atoms with van der Waals surface area (Å²) in [5.74, 6) is -1.85. The first-order chi connectivity index (χ1) is 9.63. The normalized spacial score (nSPS) is 21.1. The largest absolute Gasteiger partial charge is 0.476 e. The molecule has 1 aliphatic heterocycles. The molecule has 110 valence electrons. The molecule has 0 bridgehead atoms. The van der Waals surface area contributed by atoms with Gasteiger partial charge >= 0.3 is 11.8 Å². The molecule has 0 saturated carbocycles. The summed E-state index contributed by atoms with van der Waals surface area (Å²) in [6.07, 6.45) is 3.66. The number of hydrogen-bond donors (Lipinski definition) is 1. The lowest BCUT2D eigenvalue weighted by molar-refractivity contribution is -0.217. The van der Waals surface area contributed by atoms with Crippen LogP contribution in [0.1, 0.15) is 44.2 Å². The number of carbonyl (C=O) groups is 1. The topological polar surface area (TPSA) is 55.8 Å². The van der Waals surface area contributed by atoms with Crippen LogP contribution in [-0.2, 0) is 22.4 Å². The molecule has 0 aromatic heterocycles. The van der Waals surface area contributed by atoms with Crippen LogP contribution in [0.5, 0.6) is 5.75 Å². The molecule has 1 aromatic carbocycles. The standard InChI is InChI=1S/C16H22O4/c1-3-6-12-7-5-8-13-9-10-16(15(17)18,19-11-4-2)20-14(12)13/h5,7-8H,3-4,6,9-11H2,1-2H3,(H,17,18). The molecule has 20 heavy (non-hydrogen) atoms. The zero-order valence-corrected chi connectivity index (χ0v) is 12.1. The number of benzene rings is 1. The summed E-state index contributed by atoms with van der Waals surface area (Å²) in [4.78, 5) is 11.6. The quantitative estimate of drug-likeness (QED) is 0.868. The Morgan fingerprint density at radius 2 is 2.20 bits per heavy atom. The molecule has 4 heteroatoms. The van der Waals surface area contributed by atoms with Crippen molar-refractivity contribution in [1.29, 1.82) is 0 Å². The first kappa shape index (κ1) is 14.9. The van der Waals surface area contributed by atoms with E-state index < -0.39 is 11.8 Å². The van der Waals surface area contributed by atoms with Gasteiger partial charge in [0.05, 0.1) is 6.61 Å². The summed E-state index contributed by atoms with van der Waals surface area (Å²) in [6, 6.07) is 6.01. The van der Waals surface area contributed by atoms with Gasteiger partial charge in [0, 0.05) is 6.42 Å². The van der Waals surface area contributed by atoms with Crippen LogP contribution in [0, 0.1) is 0 Å². The van der Waals surface area contributed by atoms with E-state index in [0.29, 0.717) is 25.2 Å². The van der Waals surface area contributed by atoms with Gasteiger partial charge in [-0.1, -0.05) is 38.5 Å². The lowest BCUT2D eigenvalue weighted by Crippen LogP contribution is -2.50. The van der Waals surface area contributed by atoms with E-state index in [1.54, 1.807) is 0 Å². The SMILES string of the molecule is CCCOC1(C(=O)O)CCc2cccc(CCC)c2O1. The highest BCUT2D eigenvalue weighted by Crippen LogP contribution is 2.37. The van der Waals surface area contributed by atoms with E-state index in [0.717, 1.165) is 30.4 Å². The van der Waals surface area contributed by atoms with Crippen LogP contribution in [0.3, 0.4) is 0 Å². The third-order valence-corrected chi connectivity index (χ3v) is 3.55. The molecule has 1 aromatic rings. The third-order valence-electron chi connectivity index (χ3n) is 3.55. The fraction of sp³-hybridized carbons (Fsp3) is 0.562. The van der Waals surface area contributed by atoms with E-state index in [1.807, 2.05) is 25.1 Å². The Bertz CT molecular complexity index is 483. The zero-order chi connectivity index (χ0) is 14.6. The Labute approximate surface area is 119 Å². The number of fused-ring (bicyclic) bond motifs is 1. The number of para-hydroxylation sites is 1. The van der Waals surface area contributed by atoms with E-state index in [4.69, 9.17) is 9.47 Å². The maximum atomic E-state index is 11.6. The molecule has 1 N–H and O–H groups in total. The van der Waals surface area contributed by atoms with Gasteiger partial charge < -0.3 is 14.6 Å². The molecule has 0 spiro atoms. The molecule has 1 aliphatic rings. The number of ether oxygens (including phenoxy) is 2. The van der Waals surface area contributed by atoms with Crippen molar-refractivity contribution < 1.29 is 19.4 Å². The monoisotopic (exact) mass is 278 g/mol. The molecular formula is C16H22O4. The minimum absolute atomic E-state index is 0.352. The summed E-state index contributed by atoms with van der Waals surface area (Å²) in [5, 5.41) is 9.51. The van der Waals surface area contributed by atoms with Gasteiger partial charge in [0.25, 0.3) is 0 Å². The van der Waals surface area contributed by atoms with Crippen LogP contribution in [-0.4, -0.2) is 23.5 Å². The first-order valence-corrected chi connectivity index (χ1v) is 7.30. The highest BCUT2D eigenvalue weighted by Gasteiger charge is 2.45. The van der Waals surface area contributed by atoms with Gasteiger partial charge in [-0.15, -0.1) is 0 Å². The van der Waals surface area contributed by atoms with E-state index in [9.17, 15) is 9.90 Å². The smallest absolute Gasteiger partial charge is 0.377 e. The highest BCUT2D eigenvalue weighted by molar-refractivity contribution is 5.77. The molecule has 1 heterocycles. The summed E-state index contributed by atoms with van der Waals surface area (Å²) >= 11 is 0. The van der Waals surface area contributed by atoms with Crippen molar-refractivity contribution in [1.82, 2.24) is 0 Å². The maximum absolute atomic E-state index is 11.6. The van der Waals surface area contributed by atoms with Gasteiger partial charge in [0.15, 0.2) is 0 Å². The summed E-state index contributed by atoms with van der Waals surface area (Å²) in [7, 11) is 0. The Kier molecular flexibility index (Phi) is 4.65. The molecular weight excluding hydrogens is 256 g/mol. The Morgan fingerprint density at radius 3 is 2.85 bits per heavy atom. The van der Waals surface area contributed by atoms with Crippen molar-refractivity contribution in [3.63, 3.8) is 0 Å². The Balaban J connectivity index is 2.33. The second-order valence-electron chi connectivity index (χ2n) is 5.16. The summed E-state index contributed by atoms with van der Waals surface area (Å²) < 4.78 is 11.4. The average Bonchev–Trinajstić information content (AvgIpc) is 2.45. The van der Waals surface area contributed by atoms with Gasteiger partial charge in [0.2, 0.25) is 0 Å². The van der Waals surface area contributed by atoms with E-state index in [-0.39, 0.29) is 0 Å². The van der Waals surface area contributed by atoms with Gasteiger partial charge in [-0.3, -0.25) is 0 Å². The number of rotatable bonds is 6. The summed E-state index contributed by atoms with van der Waals surface area (Å²) in [6.45, 7) is 4.44. The maximum Gasteiger partial charge on any atom is 0.377 e. The van der Waals surface area contributed by atoms with Gasteiger partial charge in [0.1, 0.15) is 5.75 Å². The number of aryl methyl sites for hydroxylation is 2. The van der Waals surface area contributed by atoms with Crippen LogP contribution in [0.2, 0.25) is 0 Å². The highest BCUT2D eigenvalue weighted by atomic mass is 16.7. The molecule has 0 aliphatic carbocycles. The first-order valence-electron chi connectivity index (χ1n) is 7.30. The number of hydrogen-bond acceptors (Lipinski definition) is 3. The van der Waals surface area contributed by atoms with E-state index >= 15 is 0 Å². The second-order valence-corrected chi connectivity index (χ2v) is 5.16. The third kappa shape index (κ3) is 2.80. The predicted molar refractivity (Wildman–Crippen MR) is 76.0 cm³/mol. The van der Waals surface area contributed by atoms with Crippen molar-refractivity contribution in [2.45, 2.75) is 51.7 Å². The van der Waals surface area contributed by atoms with Crippen LogP contribution in [0.15, 0.2) is 18.2 Å². The average molecular weight is 278 g/mol. The summed E-state index contributed by atoms with van der Waals surface area (Å²) in [5.41, 5.74) is 2.14. The molecule has 0 radical (unpaired) electrons. The van der Waals surface area contributed by atoms with Crippen LogP contribution in [0.4, 0.5) is 0 Å². The number of carboxylic acid groups (broad SMARTS) is 1. The fourth-order valence-electron chi connectivity index (χ4n) is 2.53. The van der Waals surface area contributed by atoms with Gasteiger partial charge in [-0.25, -0.2) is 4.79 Å². The predicted octanol–water partition coefficient (Wildman–Crippen LogP) is 3.17. The number of aliphatic carboxylic acids is 1. The van der Waals surface area contributed by atoms with Crippen molar-refractivity contribution >= 4 is 5.97 Å². The zero-order valence-electron chi connectivity index (χ0n) is 12.1. The molecule has 2 rings (SSSR count).